The zero-order valence-electron chi connectivity index (χ0n) is 10.8. The Morgan fingerprint density at radius 3 is 2.74 bits per heavy atom. The summed E-state index contributed by atoms with van der Waals surface area (Å²) in [5.41, 5.74) is 0.899. The molecule has 19 heavy (non-hydrogen) atoms. The Morgan fingerprint density at radius 1 is 1.47 bits per heavy atom. The smallest absolute Gasteiger partial charge is 0.253 e. The third-order valence-electron chi connectivity index (χ3n) is 2.91. The molecule has 1 aliphatic heterocycles. The maximum atomic E-state index is 12.8. The molecule has 1 aliphatic rings. The van der Waals surface area contributed by atoms with Gasteiger partial charge in [0.2, 0.25) is 0 Å². The molecule has 0 aliphatic carbocycles. The van der Waals surface area contributed by atoms with Crippen molar-refractivity contribution < 1.29 is 13.9 Å². The predicted octanol–water partition coefficient (Wildman–Crippen LogP) is 1.19. The van der Waals surface area contributed by atoms with Gasteiger partial charge >= 0.3 is 0 Å². The molecule has 2 rings (SSSR count). The van der Waals surface area contributed by atoms with Crippen LogP contribution in [0.25, 0.3) is 0 Å². The fourth-order valence-corrected chi connectivity index (χ4v) is 1.91. The fourth-order valence-electron chi connectivity index (χ4n) is 1.91. The Bertz CT molecular complexity index is 408. The predicted molar refractivity (Wildman–Crippen MR) is 72.7 cm³/mol. The molecule has 1 aromatic carbocycles. The quantitative estimate of drug-likeness (QED) is 0.909. The van der Waals surface area contributed by atoms with Crippen molar-refractivity contribution in [2.75, 3.05) is 26.7 Å². The molecule has 1 aromatic rings. The number of nitrogens with one attached hydrogen (secondary N) is 1. The first kappa shape index (κ1) is 15.9. The molecular formula is C13H18ClFN2O2. The standard InChI is InChI=1S/C13H17FN2O2.ClH/c1-16(9-10-2-4-11(14)5-3-10)13(17)12-8-15-6-7-18-12;/h2-5,12,15H,6-9H2,1H3;1H. The number of hydrogen-bond acceptors (Lipinski definition) is 3. The topological polar surface area (TPSA) is 41.6 Å². The van der Waals surface area contributed by atoms with E-state index in [1.807, 2.05) is 0 Å². The van der Waals surface area contributed by atoms with Gasteiger partial charge in [0.05, 0.1) is 6.61 Å². The van der Waals surface area contributed by atoms with Crippen LogP contribution < -0.4 is 5.32 Å². The van der Waals surface area contributed by atoms with E-state index in [2.05, 4.69) is 5.32 Å². The largest absolute Gasteiger partial charge is 0.366 e. The average molecular weight is 289 g/mol. The van der Waals surface area contributed by atoms with Gasteiger partial charge < -0.3 is 15.0 Å². The Hall–Kier alpha value is -1.17. The highest BCUT2D eigenvalue weighted by molar-refractivity contribution is 5.85. The van der Waals surface area contributed by atoms with Crippen LogP contribution in [0.1, 0.15) is 5.56 Å². The summed E-state index contributed by atoms with van der Waals surface area (Å²) in [6.45, 7) is 2.35. The van der Waals surface area contributed by atoms with Crippen molar-refractivity contribution in [1.82, 2.24) is 10.2 Å². The number of ether oxygens (including phenoxy) is 1. The number of rotatable bonds is 3. The van der Waals surface area contributed by atoms with Crippen molar-refractivity contribution in [2.45, 2.75) is 12.6 Å². The molecular weight excluding hydrogens is 271 g/mol. The fraction of sp³-hybridized carbons (Fsp3) is 0.462. The van der Waals surface area contributed by atoms with Crippen LogP contribution in [0.5, 0.6) is 0 Å². The van der Waals surface area contributed by atoms with Crippen LogP contribution in [0.4, 0.5) is 4.39 Å². The van der Waals surface area contributed by atoms with E-state index in [9.17, 15) is 9.18 Å². The van der Waals surface area contributed by atoms with E-state index in [0.717, 1.165) is 12.1 Å². The van der Waals surface area contributed by atoms with Crippen molar-refractivity contribution in [3.8, 4) is 0 Å². The van der Waals surface area contributed by atoms with Gasteiger partial charge in [-0.15, -0.1) is 12.4 Å². The minimum atomic E-state index is -0.413. The monoisotopic (exact) mass is 288 g/mol. The number of carbonyl (C=O) groups is 1. The van der Waals surface area contributed by atoms with Crippen LogP contribution in [-0.2, 0) is 16.1 Å². The molecule has 0 saturated carbocycles. The van der Waals surface area contributed by atoms with E-state index >= 15 is 0 Å². The number of hydrogen-bond donors (Lipinski definition) is 1. The van der Waals surface area contributed by atoms with Gasteiger partial charge in [-0.25, -0.2) is 4.39 Å². The first-order chi connectivity index (χ1) is 8.66. The van der Waals surface area contributed by atoms with Crippen LogP contribution in [0.3, 0.4) is 0 Å². The van der Waals surface area contributed by atoms with E-state index in [-0.39, 0.29) is 24.1 Å². The first-order valence-corrected chi connectivity index (χ1v) is 5.98. The van der Waals surface area contributed by atoms with E-state index in [1.54, 1.807) is 24.1 Å². The second-order valence-electron chi connectivity index (χ2n) is 4.38. The molecule has 106 valence electrons. The van der Waals surface area contributed by atoms with Crippen LogP contribution in [0.15, 0.2) is 24.3 Å². The van der Waals surface area contributed by atoms with Gasteiger partial charge in [0.15, 0.2) is 0 Å². The van der Waals surface area contributed by atoms with Crippen molar-refractivity contribution in [2.24, 2.45) is 0 Å². The summed E-state index contributed by atoms with van der Waals surface area (Å²) in [5, 5.41) is 3.12. The summed E-state index contributed by atoms with van der Waals surface area (Å²) >= 11 is 0. The minimum Gasteiger partial charge on any atom is -0.366 e. The summed E-state index contributed by atoms with van der Waals surface area (Å²) in [5.74, 6) is -0.320. The second-order valence-corrected chi connectivity index (χ2v) is 4.38. The summed E-state index contributed by atoms with van der Waals surface area (Å²) in [7, 11) is 1.73. The van der Waals surface area contributed by atoms with Gasteiger partial charge in [-0.1, -0.05) is 12.1 Å². The van der Waals surface area contributed by atoms with Crippen LogP contribution >= 0.6 is 12.4 Å². The minimum absolute atomic E-state index is 0. The second kappa shape index (κ2) is 7.43. The molecule has 1 N–H and O–H groups in total. The lowest BCUT2D eigenvalue weighted by molar-refractivity contribution is -0.144. The number of carbonyl (C=O) groups excluding carboxylic acids is 1. The molecule has 1 amide bonds. The van der Waals surface area contributed by atoms with Crippen LogP contribution in [0.2, 0.25) is 0 Å². The molecule has 6 heteroatoms. The Kier molecular flexibility index (Phi) is 6.21. The first-order valence-electron chi connectivity index (χ1n) is 5.98. The SMILES string of the molecule is CN(Cc1ccc(F)cc1)C(=O)C1CNCCO1.Cl. The van der Waals surface area contributed by atoms with Gasteiger partial charge in [0.25, 0.3) is 5.91 Å². The number of benzene rings is 1. The zero-order valence-corrected chi connectivity index (χ0v) is 11.6. The molecule has 0 bridgehead atoms. The zero-order chi connectivity index (χ0) is 13.0. The third kappa shape index (κ3) is 4.45. The summed E-state index contributed by atoms with van der Waals surface area (Å²) in [4.78, 5) is 13.7. The number of nitrogens with zero attached hydrogens (tertiary/aromatic N) is 1. The molecule has 0 aromatic heterocycles. The average Bonchev–Trinajstić information content (AvgIpc) is 2.41. The van der Waals surface area contributed by atoms with Crippen LogP contribution in [-0.4, -0.2) is 43.7 Å². The summed E-state index contributed by atoms with van der Waals surface area (Å²) < 4.78 is 18.2. The Labute approximate surface area is 118 Å². The van der Waals surface area contributed by atoms with Gasteiger partial charge in [0, 0.05) is 26.7 Å². The highest BCUT2D eigenvalue weighted by Crippen LogP contribution is 2.08. The number of amides is 1. The molecule has 1 atom stereocenters. The maximum absolute atomic E-state index is 12.8. The molecule has 1 heterocycles. The van der Waals surface area contributed by atoms with Gasteiger partial charge in [-0.3, -0.25) is 4.79 Å². The van der Waals surface area contributed by atoms with E-state index in [1.165, 1.54) is 12.1 Å². The third-order valence-corrected chi connectivity index (χ3v) is 2.91. The van der Waals surface area contributed by atoms with Crippen molar-refractivity contribution in [1.29, 1.82) is 0 Å². The molecule has 1 fully saturated rings. The number of likely N-dealkylation sites (N-methyl/N-ethyl adjacent to an activating group) is 1. The molecule has 1 saturated heterocycles. The highest BCUT2D eigenvalue weighted by Gasteiger charge is 2.24. The van der Waals surface area contributed by atoms with Gasteiger partial charge in [0.1, 0.15) is 11.9 Å². The van der Waals surface area contributed by atoms with Crippen molar-refractivity contribution in [3.63, 3.8) is 0 Å². The lowest BCUT2D eigenvalue weighted by Crippen LogP contribution is -2.48. The van der Waals surface area contributed by atoms with Gasteiger partial charge in [-0.05, 0) is 17.7 Å². The number of morpholine rings is 1. The molecule has 1 unspecified atom stereocenters. The molecule has 0 spiro atoms. The van der Waals surface area contributed by atoms with E-state index < -0.39 is 6.10 Å². The molecule has 4 nitrogen and oxygen atoms in total. The summed E-state index contributed by atoms with van der Waals surface area (Å²) in [6.07, 6.45) is -0.413. The molecule has 0 radical (unpaired) electrons. The summed E-state index contributed by atoms with van der Waals surface area (Å²) in [6, 6.07) is 6.15. The lowest BCUT2D eigenvalue weighted by atomic mass is 10.2. The van der Waals surface area contributed by atoms with Crippen molar-refractivity contribution >= 4 is 18.3 Å². The highest BCUT2D eigenvalue weighted by atomic mass is 35.5. The van der Waals surface area contributed by atoms with E-state index in [0.29, 0.717) is 19.7 Å². The Morgan fingerprint density at radius 2 is 2.16 bits per heavy atom. The van der Waals surface area contributed by atoms with Crippen LogP contribution in [0, 0.1) is 5.82 Å². The van der Waals surface area contributed by atoms with E-state index in [4.69, 9.17) is 4.74 Å². The maximum Gasteiger partial charge on any atom is 0.253 e. The van der Waals surface area contributed by atoms with Crippen molar-refractivity contribution in [3.05, 3.63) is 35.6 Å². The van der Waals surface area contributed by atoms with Gasteiger partial charge in [-0.2, -0.15) is 0 Å². The number of halogens is 2. The lowest BCUT2D eigenvalue weighted by Gasteiger charge is -2.27. The normalized spacial score (nSPS) is 18.5. The Balaban J connectivity index is 0.00000180.